The summed E-state index contributed by atoms with van der Waals surface area (Å²) in [5.74, 6) is 0.938. The molecule has 0 aromatic carbocycles. The molecule has 1 rings (SSSR count). The van der Waals surface area contributed by atoms with Gasteiger partial charge in [0.05, 0.1) is 25.4 Å². The first-order valence-electron chi connectivity index (χ1n) is 5.02. The molecule has 1 aromatic heterocycles. The van der Waals surface area contributed by atoms with Crippen molar-refractivity contribution in [2.24, 2.45) is 0 Å². The van der Waals surface area contributed by atoms with Gasteiger partial charge in [-0.15, -0.1) is 0 Å². The van der Waals surface area contributed by atoms with E-state index in [1.165, 1.54) is 6.33 Å². The van der Waals surface area contributed by atoms with Crippen LogP contribution < -0.4 is 10.5 Å². The molecule has 0 unspecified atom stereocenters. The van der Waals surface area contributed by atoms with Crippen molar-refractivity contribution in [3.05, 3.63) is 11.9 Å². The molecule has 0 fully saturated rings. The van der Waals surface area contributed by atoms with Crippen LogP contribution in [0, 0.1) is 6.92 Å². The van der Waals surface area contributed by atoms with Crippen LogP contribution in [-0.2, 0) is 9.47 Å². The summed E-state index contributed by atoms with van der Waals surface area (Å²) in [5, 5.41) is 0. The molecule has 6 heteroatoms. The molecular formula is C10H17N3O3. The Morgan fingerprint density at radius 3 is 2.69 bits per heavy atom. The zero-order valence-electron chi connectivity index (χ0n) is 9.60. The van der Waals surface area contributed by atoms with Crippen LogP contribution in [0.5, 0.6) is 5.88 Å². The minimum Gasteiger partial charge on any atom is -0.475 e. The van der Waals surface area contributed by atoms with Gasteiger partial charge >= 0.3 is 0 Å². The van der Waals surface area contributed by atoms with Gasteiger partial charge in [0.2, 0.25) is 5.88 Å². The highest BCUT2D eigenvalue weighted by Crippen LogP contribution is 2.16. The quantitative estimate of drug-likeness (QED) is 0.679. The normalized spacial score (nSPS) is 10.4. The number of aromatic nitrogens is 2. The molecule has 0 radical (unpaired) electrons. The summed E-state index contributed by atoms with van der Waals surface area (Å²) in [4.78, 5) is 7.83. The second-order valence-electron chi connectivity index (χ2n) is 3.14. The maximum atomic E-state index is 5.61. The Bertz CT molecular complexity index is 320. The molecule has 90 valence electrons. The van der Waals surface area contributed by atoms with Gasteiger partial charge in [0.25, 0.3) is 0 Å². The number of nitrogens with zero attached hydrogens (tertiary/aromatic N) is 2. The number of nitrogen functional groups attached to an aromatic ring is 1. The van der Waals surface area contributed by atoms with E-state index in [0.29, 0.717) is 38.1 Å². The van der Waals surface area contributed by atoms with Crippen LogP contribution in [0.2, 0.25) is 0 Å². The minimum atomic E-state index is 0.432. The fourth-order valence-corrected chi connectivity index (χ4v) is 1.03. The van der Waals surface area contributed by atoms with Gasteiger partial charge in [-0.25, -0.2) is 9.97 Å². The summed E-state index contributed by atoms with van der Waals surface area (Å²) < 4.78 is 15.5. The van der Waals surface area contributed by atoms with Gasteiger partial charge in [-0.1, -0.05) is 0 Å². The zero-order chi connectivity index (χ0) is 11.8. The summed E-state index contributed by atoms with van der Waals surface area (Å²) in [6, 6.07) is 0. The van der Waals surface area contributed by atoms with Crippen molar-refractivity contribution in [1.82, 2.24) is 9.97 Å². The van der Waals surface area contributed by atoms with Crippen LogP contribution in [0.3, 0.4) is 0 Å². The van der Waals surface area contributed by atoms with Crippen molar-refractivity contribution >= 4 is 5.82 Å². The number of rotatable bonds is 7. The van der Waals surface area contributed by atoms with Crippen LogP contribution in [0.4, 0.5) is 5.82 Å². The highest BCUT2D eigenvalue weighted by Gasteiger charge is 2.04. The van der Waals surface area contributed by atoms with E-state index in [2.05, 4.69) is 9.97 Å². The Hall–Kier alpha value is -1.40. The molecule has 0 bridgehead atoms. The molecule has 2 N–H and O–H groups in total. The highest BCUT2D eigenvalue weighted by molar-refractivity contribution is 5.42. The minimum absolute atomic E-state index is 0.432. The molecule has 0 aliphatic carbocycles. The molecule has 0 aliphatic rings. The summed E-state index contributed by atoms with van der Waals surface area (Å²) in [6.45, 7) is 3.88. The molecular weight excluding hydrogens is 210 g/mol. The predicted octanol–water partition coefficient (Wildman–Crippen LogP) is 0.409. The lowest BCUT2D eigenvalue weighted by Crippen LogP contribution is -2.11. The van der Waals surface area contributed by atoms with E-state index in [9.17, 15) is 0 Å². The monoisotopic (exact) mass is 227 g/mol. The molecule has 16 heavy (non-hydrogen) atoms. The molecule has 0 atom stereocenters. The Morgan fingerprint density at radius 2 is 1.94 bits per heavy atom. The van der Waals surface area contributed by atoms with Crippen LogP contribution in [0.15, 0.2) is 6.33 Å². The van der Waals surface area contributed by atoms with Crippen LogP contribution in [0.1, 0.15) is 5.56 Å². The third-order valence-electron chi connectivity index (χ3n) is 1.98. The Kier molecular flexibility index (Phi) is 5.52. The molecule has 0 saturated heterocycles. The predicted molar refractivity (Wildman–Crippen MR) is 59.4 cm³/mol. The second-order valence-corrected chi connectivity index (χ2v) is 3.14. The average molecular weight is 227 g/mol. The average Bonchev–Trinajstić information content (AvgIpc) is 2.29. The number of hydrogen-bond donors (Lipinski definition) is 1. The Morgan fingerprint density at radius 1 is 1.19 bits per heavy atom. The molecule has 1 aromatic rings. The fourth-order valence-electron chi connectivity index (χ4n) is 1.03. The van der Waals surface area contributed by atoms with Crippen molar-refractivity contribution in [1.29, 1.82) is 0 Å². The molecule has 6 nitrogen and oxygen atoms in total. The third-order valence-corrected chi connectivity index (χ3v) is 1.98. The SMILES string of the molecule is COCCOCCOc1ncnc(N)c1C. The first kappa shape index (κ1) is 12.7. The lowest BCUT2D eigenvalue weighted by molar-refractivity contribution is 0.0535. The lowest BCUT2D eigenvalue weighted by Gasteiger charge is -2.08. The Labute approximate surface area is 94.7 Å². The van der Waals surface area contributed by atoms with Crippen molar-refractivity contribution < 1.29 is 14.2 Å². The van der Waals surface area contributed by atoms with Gasteiger partial charge in [0.1, 0.15) is 18.8 Å². The van der Waals surface area contributed by atoms with Crippen LogP contribution in [-0.4, -0.2) is 43.5 Å². The summed E-state index contributed by atoms with van der Waals surface area (Å²) in [7, 11) is 1.63. The van der Waals surface area contributed by atoms with Gasteiger partial charge in [0.15, 0.2) is 0 Å². The number of ether oxygens (including phenoxy) is 3. The van der Waals surface area contributed by atoms with Crippen LogP contribution >= 0.6 is 0 Å². The molecule has 0 amide bonds. The standard InChI is InChI=1S/C10H17N3O3/c1-8-9(11)12-7-13-10(8)16-6-5-15-4-3-14-2/h7H,3-6H2,1-2H3,(H2,11,12,13). The zero-order valence-corrected chi connectivity index (χ0v) is 9.60. The van der Waals surface area contributed by atoms with Gasteiger partial charge in [-0.3, -0.25) is 0 Å². The van der Waals surface area contributed by atoms with Crippen LogP contribution in [0.25, 0.3) is 0 Å². The van der Waals surface area contributed by atoms with Gasteiger partial charge in [-0.05, 0) is 6.92 Å². The maximum Gasteiger partial charge on any atom is 0.221 e. The third kappa shape index (κ3) is 4.00. The molecule has 0 spiro atoms. The molecule has 1 heterocycles. The largest absolute Gasteiger partial charge is 0.475 e. The van der Waals surface area contributed by atoms with Crippen molar-refractivity contribution in [2.45, 2.75) is 6.92 Å². The van der Waals surface area contributed by atoms with Gasteiger partial charge in [0, 0.05) is 7.11 Å². The van der Waals surface area contributed by atoms with Gasteiger partial charge < -0.3 is 19.9 Å². The topological polar surface area (TPSA) is 79.5 Å². The number of hydrogen-bond acceptors (Lipinski definition) is 6. The van der Waals surface area contributed by atoms with Crippen molar-refractivity contribution in [3.63, 3.8) is 0 Å². The summed E-state index contributed by atoms with van der Waals surface area (Å²) >= 11 is 0. The van der Waals surface area contributed by atoms with E-state index in [1.807, 2.05) is 6.92 Å². The van der Waals surface area contributed by atoms with E-state index in [-0.39, 0.29) is 0 Å². The first-order chi connectivity index (χ1) is 7.75. The van der Waals surface area contributed by atoms with E-state index >= 15 is 0 Å². The maximum absolute atomic E-state index is 5.61. The lowest BCUT2D eigenvalue weighted by atomic mass is 10.3. The summed E-state index contributed by atoms with van der Waals surface area (Å²) in [5.41, 5.74) is 6.36. The molecule has 0 aliphatic heterocycles. The second kappa shape index (κ2) is 6.97. The number of anilines is 1. The highest BCUT2D eigenvalue weighted by atomic mass is 16.5. The van der Waals surface area contributed by atoms with Gasteiger partial charge in [-0.2, -0.15) is 0 Å². The fraction of sp³-hybridized carbons (Fsp3) is 0.600. The van der Waals surface area contributed by atoms with Crippen molar-refractivity contribution in [2.75, 3.05) is 39.3 Å². The Balaban J connectivity index is 2.24. The smallest absolute Gasteiger partial charge is 0.221 e. The number of nitrogens with two attached hydrogens (primary N) is 1. The van der Waals surface area contributed by atoms with E-state index in [4.69, 9.17) is 19.9 Å². The van der Waals surface area contributed by atoms with Crippen molar-refractivity contribution in [3.8, 4) is 5.88 Å². The van der Waals surface area contributed by atoms with E-state index in [1.54, 1.807) is 7.11 Å². The first-order valence-corrected chi connectivity index (χ1v) is 5.02. The summed E-state index contributed by atoms with van der Waals surface area (Å²) in [6.07, 6.45) is 1.38. The van der Waals surface area contributed by atoms with E-state index < -0.39 is 0 Å². The molecule has 0 saturated carbocycles. The number of methoxy groups -OCH3 is 1. The van der Waals surface area contributed by atoms with E-state index in [0.717, 1.165) is 5.56 Å².